The van der Waals surface area contributed by atoms with Gasteiger partial charge in [0.25, 0.3) is 0 Å². The highest BCUT2D eigenvalue weighted by Gasteiger charge is 2.27. The topological polar surface area (TPSA) is 32.3 Å². The highest BCUT2D eigenvalue weighted by atomic mass is 79.9. The van der Waals surface area contributed by atoms with Crippen LogP contribution in [0.2, 0.25) is 0 Å². The third kappa shape index (κ3) is 2.47. The molecule has 5 heteroatoms. The van der Waals surface area contributed by atoms with Gasteiger partial charge >= 0.3 is 0 Å². The summed E-state index contributed by atoms with van der Waals surface area (Å²) >= 11 is 4.87. The Hall–Kier alpha value is -0.230. The molecule has 2 heterocycles. The third-order valence-corrected chi connectivity index (χ3v) is 4.33. The fraction of sp³-hybridized carbons (Fsp3) is 0.500. The maximum atomic E-state index is 12.1. The summed E-state index contributed by atoms with van der Waals surface area (Å²) in [5.41, 5.74) is 0. The van der Waals surface area contributed by atoms with Crippen molar-refractivity contribution in [3.8, 4) is 0 Å². The van der Waals surface area contributed by atoms with Gasteiger partial charge in [-0.1, -0.05) is 0 Å². The summed E-state index contributed by atoms with van der Waals surface area (Å²) in [6.45, 7) is 2.65. The van der Waals surface area contributed by atoms with E-state index in [0.717, 1.165) is 29.0 Å². The number of piperazine rings is 1. The molecule has 1 N–H and O–H groups in total. The first-order valence-electron chi connectivity index (χ1n) is 4.87. The molecule has 1 aliphatic heterocycles. The van der Waals surface area contributed by atoms with E-state index in [0.29, 0.717) is 0 Å². The van der Waals surface area contributed by atoms with Gasteiger partial charge in [0.1, 0.15) is 0 Å². The van der Waals surface area contributed by atoms with Crippen LogP contribution in [0.3, 0.4) is 0 Å². The zero-order valence-corrected chi connectivity index (χ0v) is 10.9. The summed E-state index contributed by atoms with van der Waals surface area (Å²) < 4.78 is 0.988. The van der Waals surface area contributed by atoms with Crippen LogP contribution >= 0.6 is 27.3 Å². The molecule has 0 bridgehead atoms. The maximum absolute atomic E-state index is 12.1. The Morgan fingerprint density at radius 2 is 2.53 bits per heavy atom. The minimum absolute atomic E-state index is 0.00991. The minimum atomic E-state index is -0.00991. The highest BCUT2D eigenvalue weighted by molar-refractivity contribution is 9.10. The van der Waals surface area contributed by atoms with Gasteiger partial charge in [0.05, 0.1) is 10.9 Å². The van der Waals surface area contributed by atoms with Gasteiger partial charge < -0.3 is 5.32 Å². The van der Waals surface area contributed by atoms with Crippen LogP contribution in [0.15, 0.2) is 15.9 Å². The van der Waals surface area contributed by atoms with E-state index in [9.17, 15) is 4.79 Å². The van der Waals surface area contributed by atoms with Gasteiger partial charge in [0, 0.05) is 29.5 Å². The van der Waals surface area contributed by atoms with E-state index in [-0.39, 0.29) is 11.8 Å². The van der Waals surface area contributed by atoms with Crippen molar-refractivity contribution < 1.29 is 4.79 Å². The van der Waals surface area contributed by atoms with Crippen LogP contribution in [0.5, 0.6) is 0 Å². The number of nitrogens with zero attached hydrogens (tertiary/aromatic N) is 1. The molecule has 0 aromatic carbocycles. The second-order valence-corrected chi connectivity index (χ2v) is 5.52. The van der Waals surface area contributed by atoms with E-state index in [4.69, 9.17) is 0 Å². The number of Topliss-reactive ketones (excluding diaryl/α,β-unsaturated/α-hetero) is 1. The summed E-state index contributed by atoms with van der Waals surface area (Å²) in [7, 11) is 2.01. The van der Waals surface area contributed by atoms with Gasteiger partial charge in [-0.15, -0.1) is 11.3 Å². The first kappa shape index (κ1) is 11.3. The van der Waals surface area contributed by atoms with Gasteiger partial charge in [0.2, 0.25) is 0 Å². The molecule has 1 aromatic rings. The lowest BCUT2D eigenvalue weighted by Crippen LogP contribution is -2.52. The molecule has 1 fully saturated rings. The van der Waals surface area contributed by atoms with Crippen LogP contribution in [-0.4, -0.2) is 43.4 Å². The normalized spacial score (nSPS) is 22.9. The van der Waals surface area contributed by atoms with Crippen LogP contribution in [0, 0.1) is 0 Å². The van der Waals surface area contributed by atoms with E-state index in [1.165, 1.54) is 11.3 Å². The van der Waals surface area contributed by atoms with Crippen molar-refractivity contribution >= 4 is 33.0 Å². The number of carbonyl (C=O) groups is 1. The number of halogens is 1. The Labute approximate surface area is 102 Å². The molecule has 15 heavy (non-hydrogen) atoms. The third-order valence-electron chi connectivity index (χ3n) is 2.62. The lowest BCUT2D eigenvalue weighted by molar-refractivity contribution is 0.0823. The SMILES string of the molecule is CN1CCNCC1C(=O)c1cc(Br)cs1. The van der Waals surface area contributed by atoms with Crippen molar-refractivity contribution in [1.29, 1.82) is 0 Å². The molecule has 0 spiro atoms. The quantitative estimate of drug-likeness (QED) is 0.839. The number of likely N-dealkylation sites (N-methyl/N-ethyl adjacent to an activating group) is 1. The summed E-state index contributed by atoms with van der Waals surface area (Å²) in [6, 6.07) is 1.89. The van der Waals surface area contributed by atoms with Crippen LogP contribution in [0.25, 0.3) is 0 Å². The monoisotopic (exact) mass is 288 g/mol. The Morgan fingerprint density at radius 1 is 1.73 bits per heavy atom. The van der Waals surface area contributed by atoms with Gasteiger partial charge in [-0.3, -0.25) is 9.69 Å². The maximum Gasteiger partial charge on any atom is 0.191 e. The molecule has 1 aromatic heterocycles. The smallest absolute Gasteiger partial charge is 0.191 e. The van der Waals surface area contributed by atoms with Crippen LogP contribution in [0.4, 0.5) is 0 Å². The summed E-state index contributed by atoms with van der Waals surface area (Å²) in [5.74, 6) is 0.223. The van der Waals surface area contributed by atoms with Gasteiger partial charge in [-0.2, -0.15) is 0 Å². The first-order valence-corrected chi connectivity index (χ1v) is 6.55. The van der Waals surface area contributed by atoms with Crippen LogP contribution in [0.1, 0.15) is 9.67 Å². The molecule has 82 valence electrons. The number of rotatable bonds is 2. The zero-order valence-electron chi connectivity index (χ0n) is 8.50. The largest absolute Gasteiger partial charge is 0.313 e. The van der Waals surface area contributed by atoms with Crippen LogP contribution < -0.4 is 5.32 Å². The lowest BCUT2D eigenvalue weighted by atomic mass is 10.1. The molecular weight excluding hydrogens is 276 g/mol. The van der Waals surface area contributed by atoms with Gasteiger partial charge in [0.15, 0.2) is 5.78 Å². The summed E-state index contributed by atoms with van der Waals surface area (Å²) in [5, 5.41) is 5.20. The van der Waals surface area contributed by atoms with E-state index in [2.05, 4.69) is 26.1 Å². The molecule has 1 atom stereocenters. The molecule has 1 unspecified atom stereocenters. The first-order chi connectivity index (χ1) is 7.18. The van der Waals surface area contributed by atoms with Crippen molar-refractivity contribution in [3.63, 3.8) is 0 Å². The Kier molecular flexibility index (Phi) is 3.56. The van der Waals surface area contributed by atoms with Crippen molar-refractivity contribution in [1.82, 2.24) is 10.2 Å². The molecule has 0 radical (unpaired) electrons. The van der Waals surface area contributed by atoms with Gasteiger partial charge in [-0.25, -0.2) is 0 Å². The molecule has 0 saturated carbocycles. The number of hydrogen-bond acceptors (Lipinski definition) is 4. The average molecular weight is 289 g/mol. The van der Waals surface area contributed by atoms with Crippen LogP contribution in [-0.2, 0) is 0 Å². The Morgan fingerprint density at radius 3 is 3.13 bits per heavy atom. The molecule has 0 amide bonds. The van der Waals surface area contributed by atoms with E-state index >= 15 is 0 Å². The molecular formula is C10H13BrN2OS. The number of hydrogen-bond donors (Lipinski definition) is 1. The Balaban J connectivity index is 2.13. The van der Waals surface area contributed by atoms with Crippen molar-refractivity contribution in [3.05, 3.63) is 20.8 Å². The molecule has 3 nitrogen and oxygen atoms in total. The number of nitrogens with one attached hydrogen (secondary N) is 1. The molecule has 1 saturated heterocycles. The predicted molar refractivity (Wildman–Crippen MR) is 65.6 cm³/mol. The number of ketones is 1. The van der Waals surface area contributed by atoms with Crippen molar-refractivity contribution in [2.45, 2.75) is 6.04 Å². The fourth-order valence-electron chi connectivity index (χ4n) is 1.71. The predicted octanol–water partition coefficient (Wildman–Crippen LogP) is 1.60. The summed E-state index contributed by atoms with van der Waals surface area (Å²) in [4.78, 5) is 15.1. The second-order valence-electron chi connectivity index (χ2n) is 3.69. The Bertz CT molecular complexity index is 366. The minimum Gasteiger partial charge on any atom is -0.313 e. The number of thiophene rings is 1. The van der Waals surface area contributed by atoms with Crippen molar-refractivity contribution in [2.24, 2.45) is 0 Å². The lowest BCUT2D eigenvalue weighted by Gasteiger charge is -2.31. The summed E-state index contributed by atoms with van der Waals surface area (Å²) in [6.07, 6.45) is 0. The number of carbonyl (C=O) groups excluding carboxylic acids is 1. The zero-order chi connectivity index (χ0) is 10.8. The van der Waals surface area contributed by atoms with E-state index in [1.807, 2.05) is 18.5 Å². The average Bonchev–Trinajstić information content (AvgIpc) is 2.65. The molecule has 1 aliphatic rings. The standard InChI is InChI=1S/C10H13BrN2OS/c1-13-3-2-12-5-8(13)10(14)9-4-7(11)6-15-9/h4,6,8,12H,2-3,5H2,1H3. The van der Waals surface area contributed by atoms with E-state index < -0.39 is 0 Å². The van der Waals surface area contributed by atoms with E-state index in [1.54, 1.807) is 0 Å². The second kappa shape index (κ2) is 4.74. The fourth-order valence-corrected chi connectivity index (χ4v) is 3.12. The van der Waals surface area contributed by atoms with Crippen molar-refractivity contribution in [2.75, 3.05) is 26.7 Å². The molecule has 0 aliphatic carbocycles. The molecule has 2 rings (SSSR count). The van der Waals surface area contributed by atoms with Gasteiger partial charge in [-0.05, 0) is 29.0 Å². The highest BCUT2D eigenvalue weighted by Crippen LogP contribution is 2.22.